The predicted octanol–water partition coefficient (Wildman–Crippen LogP) is 5.05. The van der Waals surface area contributed by atoms with Gasteiger partial charge in [-0.3, -0.25) is 0 Å². The number of carbonyl (C=O) groups is 2. The minimum absolute atomic E-state index is 0.0757. The van der Waals surface area contributed by atoms with Gasteiger partial charge in [0.2, 0.25) is 0 Å². The number of amides is 1. The molecular formula is C22H30FNO4. The molecule has 1 aromatic rings. The van der Waals surface area contributed by atoms with E-state index in [9.17, 15) is 14.0 Å². The third-order valence-electron chi connectivity index (χ3n) is 5.72. The first kappa shape index (κ1) is 20.6. The van der Waals surface area contributed by atoms with Crippen LogP contribution in [-0.4, -0.2) is 41.9 Å². The average Bonchev–Trinajstić information content (AvgIpc) is 2.58. The molecule has 1 unspecified atom stereocenters. The van der Waals surface area contributed by atoms with Gasteiger partial charge in [0.05, 0.1) is 18.7 Å². The van der Waals surface area contributed by atoms with Crippen LogP contribution >= 0.6 is 0 Å². The Balaban J connectivity index is 1.86. The fourth-order valence-electron chi connectivity index (χ4n) is 4.77. The van der Waals surface area contributed by atoms with Crippen molar-refractivity contribution in [2.75, 3.05) is 13.7 Å². The summed E-state index contributed by atoms with van der Waals surface area (Å²) in [5.74, 6) is -0.400. The van der Waals surface area contributed by atoms with Crippen molar-refractivity contribution in [2.45, 2.75) is 70.7 Å². The van der Waals surface area contributed by atoms with Crippen LogP contribution in [0.2, 0.25) is 0 Å². The van der Waals surface area contributed by atoms with Crippen LogP contribution in [0.3, 0.4) is 0 Å². The van der Waals surface area contributed by atoms with Crippen LogP contribution in [0, 0.1) is 5.41 Å². The van der Waals surface area contributed by atoms with Crippen LogP contribution < -0.4 is 0 Å². The molecule has 0 N–H and O–H groups in total. The first-order chi connectivity index (χ1) is 12.9. The monoisotopic (exact) mass is 391 g/mol. The lowest BCUT2D eigenvalue weighted by atomic mass is 9.55. The van der Waals surface area contributed by atoms with Gasteiger partial charge >= 0.3 is 12.1 Å². The molecule has 1 atom stereocenters. The van der Waals surface area contributed by atoms with Crippen LogP contribution in [0.5, 0.6) is 0 Å². The number of ether oxygens (including phenoxy) is 2. The number of likely N-dealkylation sites (tertiary alicyclic amines) is 1. The Morgan fingerprint density at radius 1 is 1.18 bits per heavy atom. The van der Waals surface area contributed by atoms with Crippen LogP contribution in [0.15, 0.2) is 24.3 Å². The van der Waals surface area contributed by atoms with Crippen molar-refractivity contribution >= 4 is 12.1 Å². The van der Waals surface area contributed by atoms with Gasteiger partial charge in [-0.05, 0) is 76.5 Å². The second kappa shape index (κ2) is 7.05. The molecule has 1 amide bonds. The SMILES string of the molecule is COC(=O)c1ccc(C2CC3(CCN2C(=O)OC(C)(C)C)CC(C)(F)C3)cc1. The molecule has 28 heavy (non-hydrogen) atoms. The van der Waals surface area contributed by atoms with Crippen molar-refractivity contribution in [1.82, 2.24) is 4.90 Å². The van der Waals surface area contributed by atoms with Gasteiger partial charge in [0.25, 0.3) is 0 Å². The molecule has 5 nitrogen and oxygen atoms in total. The molecule has 6 heteroatoms. The summed E-state index contributed by atoms with van der Waals surface area (Å²) in [4.78, 5) is 26.3. The number of piperidine rings is 1. The molecule has 0 bridgehead atoms. The van der Waals surface area contributed by atoms with Gasteiger partial charge in [0.15, 0.2) is 0 Å². The first-order valence-corrected chi connectivity index (χ1v) is 9.81. The molecule has 1 spiro atoms. The molecule has 0 aromatic heterocycles. The fourth-order valence-corrected chi connectivity index (χ4v) is 4.77. The Labute approximate surface area is 166 Å². The summed E-state index contributed by atoms with van der Waals surface area (Å²) >= 11 is 0. The number of carbonyl (C=O) groups excluding carboxylic acids is 2. The highest BCUT2D eigenvalue weighted by Gasteiger charge is 2.56. The maximum absolute atomic E-state index is 14.3. The molecule has 2 aliphatic rings. The molecule has 154 valence electrons. The fraction of sp³-hybridized carbons (Fsp3) is 0.636. The zero-order valence-electron chi connectivity index (χ0n) is 17.4. The number of nitrogens with zero attached hydrogens (tertiary/aromatic N) is 1. The first-order valence-electron chi connectivity index (χ1n) is 9.81. The van der Waals surface area contributed by atoms with Gasteiger partial charge < -0.3 is 14.4 Å². The Bertz CT molecular complexity index is 743. The molecule has 0 radical (unpaired) electrons. The average molecular weight is 391 g/mol. The van der Waals surface area contributed by atoms with E-state index in [1.54, 1.807) is 24.0 Å². The van der Waals surface area contributed by atoms with Crippen molar-refractivity contribution in [3.05, 3.63) is 35.4 Å². The zero-order valence-corrected chi connectivity index (χ0v) is 17.4. The number of hydrogen-bond donors (Lipinski definition) is 0. The summed E-state index contributed by atoms with van der Waals surface area (Å²) in [6.45, 7) is 7.72. The number of hydrogen-bond acceptors (Lipinski definition) is 4. The number of benzene rings is 1. The minimum atomic E-state index is -1.12. The van der Waals surface area contributed by atoms with Crippen molar-refractivity contribution in [3.63, 3.8) is 0 Å². The van der Waals surface area contributed by atoms with E-state index < -0.39 is 17.2 Å². The lowest BCUT2D eigenvalue weighted by Crippen LogP contribution is -2.55. The van der Waals surface area contributed by atoms with Crippen LogP contribution in [0.4, 0.5) is 9.18 Å². The third-order valence-corrected chi connectivity index (χ3v) is 5.72. The quantitative estimate of drug-likeness (QED) is 0.662. The number of alkyl halides is 1. The highest BCUT2D eigenvalue weighted by molar-refractivity contribution is 5.89. The number of halogens is 1. The molecule has 1 saturated heterocycles. The number of rotatable bonds is 2. The van der Waals surface area contributed by atoms with E-state index in [0.29, 0.717) is 31.4 Å². The maximum Gasteiger partial charge on any atom is 0.410 e. The topological polar surface area (TPSA) is 55.8 Å². The van der Waals surface area contributed by atoms with Crippen molar-refractivity contribution in [1.29, 1.82) is 0 Å². The second-order valence-electron chi connectivity index (χ2n) is 9.52. The Morgan fingerprint density at radius 3 is 2.29 bits per heavy atom. The summed E-state index contributed by atoms with van der Waals surface area (Å²) in [5.41, 5.74) is -0.397. The summed E-state index contributed by atoms with van der Waals surface area (Å²) in [6.07, 6.45) is 2.18. The maximum atomic E-state index is 14.3. The zero-order chi connectivity index (χ0) is 20.7. The summed E-state index contributed by atoms with van der Waals surface area (Å²) in [6, 6.07) is 6.90. The van der Waals surface area contributed by atoms with Crippen LogP contribution in [-0.2, 0) is 9.47 Å². The molecule has 1 heterocycles. The van der Waals surface area contributed by atoms with Gasteiger partial charge in [0, 0.05) is 6.54 Å². The van der Waals surface area contributed by atoms with Crippen LogP contribution in [0.25, 0.3) is 0 Å². The predicted molar refractivity (Wildman–Crippen MR) is 104 cm³/mol. The molecule has 1 aliphatic heterocycles. The van der Waals surface area contributed by atoms with Crippen molar-refractivity contribution < 1.29 is 23.5 Å². The van der Waals surface area contributed by atoms with E-state index in [0.717, 1.165) is 12.0 Å². The minimum Gasteiger partial charge on any atom is -0.465 e. The Kier molecular flexibility index (Phi) is 5.19. The largest absolute Gasteiger partial charge is 0.465 e. The van der Waals surface area contributed by atoms with Crippen molar-refractivity contribution in [3.8, 4) is 0 Å². The van der Waals surface area contributed by atoms with E-state index in [1.165, 1.54) is 7.11 Å². The number of esters is 1. The molecule has 1 saturated carbocycles. The van der Waals surface area contributed by atoms with Gasteiger partial charge in [0.1, 0.15) is 11.3 Å². The van der Waals surface area contributed by atoms with Gasteiger partial charge in [-0.25, -0.2) is 14.0 Å². The highest BCUT2D eigenvalue weighted by atomic mass is 19.1. The van der Waals surface area contributed by atoms with Gasteiger partial charge in [-0.1, -0.05) is 12.1 Å². The van der Waals surface area contributed by atoms with E-state index >= 15 is 0 Å². The summed E-state index contributed by atoms with van der Waals surface area (Å²) in [7, 11) is 1.34. The van der Waals surface area contributed by atoms with E-state index in [1.807, 2.05) is 32.9 Å². The molecular weight excluding hydrogens is 361 g/mol. The smallest absolute Gasteiger partial charge is 0.410 e. The molecule has 3 rings (SSSR count). The van der Waals surface area contributed by atoms with Gasteiger partial charge in [-0.15, -0.1) is 0 Å². The normalized spacial score (nSPS) is 29.9. The summed E-state index contributed by atoms with van der Waals surface area (Å²) < 4.78 is 24.6. The third kappa shape index (κ3) is 4.31. The standard InChI is InChI=1S/C22H30FNO4/c1-20(2,3)28-19(26)24-11-10-22(13-21(4,23)14-22)12-17(24)15-6-8-16(9-7-15)18(25)27-5/h6-9,17H,10-14H2,1-5H3. The summed E-state index contributed by atoms with van der Waals surface area (Å²) in [5, 5.41) is 0. The lowest BCUT2D eigenvalue weighted by molar-refractivity contribution is -0.104. The second-order valence-corrected chi connectivity index (χ2v) is 9.52. The van der Waals surface area contributed by atoms with E-state index in [4.69, 9.17) is 9.47 Å². The number of methoxy groups -OCH3 is 1. The van der Waals surface area contributed by atoms with E-state index in [-0.39, 0.29) is 17.6 Å². The Morgan fingerprint density at radius 2 is 1.79 bits per heavy atom. The Hall–Kier alpha value is -2.11. The van der Waals surface area contributed by atoms with Crippen LogP contribution in [0.1, 0.15) is 75.3 Å². The molecule has 1 aliphatic carbocycles. The molecule has 1 aromatic carbocycles. The van der Waals surface area contributed by atoms with E-state index in [2.05, 4.69) is 0 Å². The highest BCUT2D eigenvalue weighted by Crippen LogP contribution is 2.59. The van der Waals surface area contributed by atoms with Crippen molar-refractivity contribution in [2.24, 2.45) is 5.41 Å². The lowest BCUT2D eigenvalue weighted by Gasteiger charge is -2.56. The molecule has 2 fully saturated rings. The van der Waals surface area contributed by atoms with Gasteiger partial charge in [-0.2, -0.15) is 0 Å².